The van der Waals surface area contributed by atoms with Gasteiger partial charge in [0.25, 0.3) is 5.69 Å². The molecular weight excluding hydrogens is 340 g/mol. The number of nitro benzene ring substituents is 1. The minimum absolute atomic E-state index is 0.0197. The molecule has 0 amide bonds. The largest absolute Gasteiger partial charge is 0.496 e. The number of fused-ring (bicyclic) bond motifs is 1. The van der Waals surface area contributed by atoms with Gasteiger partial charge in [-0.1, -0.05) is 12.1 Å². The highest BCUT2D eigenvalue weighted by molar-refractivity contribution is 7.21. The van der Waals surface area contributed by atoms with Gasteiger partial charge in [-0.2, -0.15) is 0 Å². The predicted octanol–water partition coefficient (Wildman–Crippen LogP) is 5.14. The zero-order chi connectivity index (χ0) is 17.4. The molecular formula is C18H12N2O4S. The van der Waals surface area contributed by atoms with Gasteiger partial charge >= 0.3 is 0 Å². The maximum absolute atomic E-state index is 11.0. The fourth-order valence-electron chi connectivity index (χ4n) is 2.58. The van der Waals surface area contributed by atoms with Crippen molar-refractivity contribution in [2.45, 2.75) is 0 Å². The minimum Gasteiger partial charge on any atom is -0.496 e. The van der Waals surface area contributed by atoms with Crippen molar-refractivity contribution in [3.63, 3.8) is 0 Å². The Morgan fingerprint density at radius 1 is 1.12 bits per heavy atom. The molecule has 0 saturated carbocycles. The summed E-state index contributed by atoms with van der Waals surface area (Å²) in [6.45, 7) is 0. The molecule has 2 aromatic heterocycles. The molecule has 0 radical (unpaired) electrons. The van der Waals surface area contributed by atoms with E-state index in [1.807, 2.05) is 30.3 Å². The highest BCUT2D eigenvalue weighted by atomic mass is 32.1. The molecule has 7 heteroatoms. The first kappa shape index (κ1) is 15.3. The van der Waals surface area contributed by atoms with Crippen LogP contribution in [0.15, 0.2) is 59.0 Å². The SMILES string of the molecule is COc1ccc([N+](=O)[O-])cc1-c1ccc(-c2nc3ccccc3s2)o1. The smallest absolute Gasteiger partial charge is 0.270 e. The Balaban J connectivity index is 1.78. The minimum atomic E-state index is -0.444. The number of hydrogen-bond donors (Lipinski definition) is 0. The van der Waals surface area contributed by atoms with Gasteiger partial charge in [-0.25, -0.2) is 4.98 Å². The van der Waals surface area contributed by atoms with Crippen molar-refractivity contribution in [3.8, 4) is 27.8 Å². The van der Waals surface area contributed by atoms with Crippen LogP contribution < -0.4 is 4.74 Å². The van der Waals surface area contributed by atoms with Crippen LogP contribution in [0.3, 0.4) is 0 Å². The van der Waals surface area contributed by atoms with Crippen LogP contribution in [-0.4, -0.2) is 17.0 Å². The number of thiazole rings is 1. The van der Waals surface area contributed by atoms with Gasteiger partial charge in [0.05, 0.1) is 27.8 Å². The average Bonchev–Trinajstić information content (AvgIpc) is 3.27. The second kappa shape index (κ2) is 6.03. The van der Waals surface area contributed by atoms with E-state index in [1.54, 1.807) is 12.1 Å². The van der Waals surface area contributed by atoms with E-state index in [1.165, 1.54) is 30.6 Å². The number of aromatic nitrogens is 1. The number of rotatable bonds is 4. The Morgan fingerprint density at radius 3 is 2.68 bits per heavy atom. The van der Waals surface area contributed by atoms with E-state index in [4.69, 9.17) is 9.15 Å². The maximum Gasteiger partial charge on any atom is 0.270 e. The monoisotopic (exact) mass is 352 g/mol. The van der Waals surface area contributed by atoms with Crippen LogP contribution >= 0.6 is 11.3 Å². The highest BCUT2D eigenvalue weighted by Crippen LogP contribution is 2.38. The molecule has 124 valence electrons. The van der Waals surface area contributed by atoms with Crippen molar-refractivity contribution in [1.82, 2.24) is 4.98 Å². The second-order valence-corrected chi connectivity index (χ2v) is 6.32. The average molecular weight is 352 g/mol. The van der Waals surface area contributed by atoms with Crippen LogP contribution in [-0.2, 0) is 0 Å². The summed E-state index contributed by atoms with van der Waals surface area (Å²) in [7, 11) is 1.52. The lowest BCUT2D eigenvalue weighted by atomic mass is 10.1. The van der Waals surface area contributed by atoms with Crippen molar-refractivity contribution in [2.75, 3.05) is 7.11 Å². The van der Waals surface area contributed by atoms with Crippen molar-refractivity contribution in [3.05, 3.63) is 64.7 Å². The van der Waals surface area contributed by atoms with Gasteiger partial charge < -0.3 is 9.15 Å². The lowest BCUT2D eigenvalue weighted by Crippen LogP contribution is -1.91. The zero-order valence-electron chi connectivity index (χ0n) is 13.1. The Bertz CT molecular complexity index is 1050. The van der Waals surface area contributed by atoms with Crippen LogP contribution in [0.2, 0.25) is 0 Å². The summed E-state index contributed by atoms with van der Waals surface area (Å²) in [5.41, 5.74) is 1.42. The summed E-state index contributed by atoms with van der Waals surface area (Å²) in [4.78, 5) is 15.2. The van der Waals surface area contributed by atoms with Gasteiger partial charge in [-0.05, 0) is 30.3 Å². The van der Waals surface area contributed by atoms with Crippen molar-refractivity contribution in [1.29, 1.82) is 0 Å². The van der Waals surface area contributed by atoms with E-state index >= 15 is 0 Å². The standard InChI is InChI=1S/C18H12N2O4S/c1-23-14-7-6-11(20(21)22)10-12(14)15-8-9-16(24-15)18-19-13-4-2-3-5-17(13)25-18/h2-10H,1H3. The fraction of sp³-hybridized carbons (Fsp3) is 0.0556. The first-order valence-corrected chi connectivity index (χ1v) is 8.26. The normalized spacial score (nSPS) is 10.9. The molecule has 0 spiro atoms. The fourth-order valence-corrected chi connectivity index (χ4v) is 3.50. The number of nitro groups is 1. The molecule has 0 atom stereocenters. The third-order valence-electron chi connectivity index (χ3n) is 3.77. The van der Waals surface area contributed by atoms with Crippen molar-refractivity contribution in [2.24, 2.45) is 0 Å². The number of non-ortho nitro benzene ring substituents is 1. The van der Waals surface area contributed by atoms with E-state index in [9.17, 15) is 10.1 Å². The molecule has 0 bridgehead atoms. The number of para-hydroxylation sites is 1. The molecule has 6 nitrogen and oxygen atoms in total. The van der Waals surface area contributed by atoms with Crippen LogP contribution in [0.25, 0.3) is 32.3 Å². The number of nitrogens with zero attached hydrogens (tertiary/aromatic N) is 2. The Kier molecular flexibility index (Phi) is 3.70. The first-order chi connectivity index (χ1) is 12.2. The summed E-state index contributed by atoms with van der Waals surface area (Å²) < 4.78 is 12.3. The van der Waals surface area contributed by atoms with E-state index in [0.29, 0.717) is 22.8 Å². The number of benzene rings is 2. The molecule has 4 aromatic rings. The second-order valence-electron chi connectivity index (χ2n) is 5.29. The zero-order valence-corrected chi connectivity index (χ0v) is 13.9. The molecule has 0 aliphatic heterocycles. The molecule has 4 rings (SSSR count). The van der Waals surface area contributed by atoms with Crippen LogP contribution in [0.5, 0.6) is 5.75 Å². The van der Waals surface area contributed by atoms with Gasteiger partial charge in [0.2, 0.25) is 0 Å². The molecule has 0 aliphatic carbocycles. The van der Waals surface area contributed by atoms with Gasteiger partial charge in [0.1, 0.15) is 11.5 Å². The quantitative estimate of drug-likeness (QED) is 0.375. The summed E-state index contributed by atoms with van der Waals surface area (Å²) >= 11 is 1.53. The maximum atomic E-state index is 11.0. The summed E-state index contributed by atoms with van der Waals surface area (Å²) in [6.07, 6.45) is 0. The van der Waals surface area contributed by atoms with E-state index in [2.05, 4.69) is 4.98 Å². The van der Waals surface area contributed by atoms with E-state index < -0.39 is 4.92 Å². The van der Waals surface area contributed by atoms with Crippen LogP contribution in [0.1, 0.15) is 0 Å². The van der Waals surface area contributed by atoms with E-state index in [-0.39, 0.29) is 5.69 Å². The Hall–Kier alpha value is -3.19. The third-order valence-corrected chi connectivity index (χ3v) is 4.82. The first-order valence-electron chi connectivity index (χ1n) is 7.44. The third kappa shape index (κ3) is 2.74. The molecule has 2 heterocycles. The van der Waals surface area contributed by atoms with E-state index in [0.717, 1.165) is 15.2 Å². The molecule has 0 unspecified atom stereocenters. The summed E-state index contributed by atoms with van der Waals surface area (Å²) in [6, 6.07) is 15.8. The van der Waals surface area contributed by atoms with Gasteiger partial charge in [-0.3, -0.25) is 10.1 Å². The predicted molar refractivity (Wildman–Crippen MR) is 96.0 cm³/mol. The summed E-state index contributed by atoms with van der Waals surface area (Å²) in [5, 5.41) is 11.8. The molecule has 25 heavy (non-hydrogen) atoms. The van der Waals surface area contributed by atoms with Crippen LogP contribution in [0, 0.1) is 10.1 Å². The van der Waals surface area contributed by atoms with Gasteiger partial charge in [-0.15, -0.1) is 11.3 Å². The van der Waals surface area contributed by atoms with Crippen LogP contribution in [0.4, 0.5) is 5.69 Å². The number of ether oxygens (including phenoxy) is 1. The molecule has 0 fully saturated rings. The Labute approximate surface area is 146 Å². The van der Waals surface area contributed by atoms with Crippen molar-refractivity contribution < 1.29 is 14.1 Å². The van der Waals surface area contributed by atoms with Crippen molar-refractivity contribution >= 4 is 27.2 Å². The molecule has 0 N–H and O–H groups in total. The van der Waals surface area contributed by atoms with Gasteiger partial charge in [0, 0.05) is 12.1 Å². The number of methoxy groups -OCH3 is 1. The van der Waals surface area contributed by atoms with Gasteiger partial charge in [0.15, 0.2) is 10.8 Å². The lowest BCUT2D eigenvalue weighted by molar-refractivity contribution is -0.384. The molecule has 0 aliphatic rings. The summed E-state index contributed by atoms with van der Waals surface area (Å²) in [5.74, 6) is 1.62. The molecule has 0 saturated heterocycles. The topological polar surface area (TPSA) is 78.4 Å². The lowest BCUT2D eigenvalue weighted by Gasteiger charge is -2.05. The highest BCUT2D eigenvalue weighted by Gasteiger charge is 2.17. The Morgan fingerprint density at radius 2 is 1.92 bits per heavy atom. The molecule has 2 aromatic carbocycles. The number of hydrogen-bond acceptors (Lipinski definition) is 6. The number of furan rings is 1.